The molecule has 0 spiro atoms. The van der Waals surface area contributed by atoms with Gasteiger partial charge in [-0.15, -0.1) is 0 Å². The highest BCUT2D eigenvalue weighted by Crippen LogP contribution is 2.35. The summed E-state index contributed by atoms with van der Waals surface area (Å²) in [5.74, 6) is 0.883. The maximum absolute atomic E-state index is 11.2. The largest absolute Gasteiger partial charge is 0.493 e. The van der Waals surface area contributed by atoms with E-state index in [0.29, 0.717) is 18.1 Å². The fraction of sp³-hybridized carbons (Fsp3) is 0.167. The van der Waals surface area contributed by atoms with Crippen LogP contribution >= 0.6 is 38.5 Å². The lowest BCUT2D eigenvalue weighted by molar-refractivity contribution is -0.134. The Morgan fingerprint density at radius 1 is 1.25 bits per heavy atom. The summed E-state index contributed by atoms with van der Waals surface area (Å²) in [6.45, 7) is 0.434. The maximum atomic E-state index is 11.2. The van der Waals surface area contributed by atoms with Crippen molar-refractivity contribution in [2.45, 2.75) is 6.61 Å². The lowest BCUT2D eigenvalue weighted by Gasteiger charge is -2.14. The van der Waals surface area contributed by atoms with Crippen LogP contribution in [0.15, 0.2) is 46.9 Å². The molecule has 0 bridgehead atoms. The topological polar surface area (TPSA) is 44.8 Å². The van der Waals surface area contributed by atoms with Crippen molar-refractivity contribution in [3.63, 3.8) is 0 Å². The van der Waals surface area contributed by atoms with Crippen LogP contribution in [0.2, 0.25) is 0 Å². The number of benzene rings is 2. The van der Waals surface area contributed by atoms with Crippen LogP contribution in [-0.4, -0.2) is 20.2 Å². The van der Waals surface area contributed by atoms with E-state index in [1.165, 1.54) is 13.2 Å². The number of carbonyl (C=O) groups excluding carboxylic acids is 1. The van der Waals surface area contributed by atoms with Gasteiger partial charge in [-0.2, -0.15) is 0 Å². The Kier molecular flexibility index (Phi) is 7.11. The van der Waals surface area contributed by atoms with E-state index in [1.807, 2.05) is 36.4 Å². The van der Waals surface area contributed by atoms with Gasteiger partial charge in [-0.25, -0.2) is 4.79 Å². The first-order valence-corrected chi connectivity index (χ1v) is 8.91. The van der Waals surface area contributed by atoms with Gasteiger partial charge in [-0.05, 0) is 64.1 Å². The van der Waals surface area contributed by atoms with Crippen LogP contribution in [0.5, 0.6) is 11.5 Å². The van der Waals surface area contributed by atoms with E-state index >= 15 is 0 Å². The standard InChI is InChI=1S/C18H16BrIO4/c1-22-16-10-12(6-7-17(21)23-2)9-15(20)18(16)24-11-13-4-3-5-14(19)8-13/h3-10H,11H2,1-2H3/b7-6+. The van der Waals surface area contributed by atoms with Gasteiger partial charge in [0.25, 0.3) is 0 Å². The average molecular weight is 503 g/mol. The molecule has 2 rings (SSSR count). The van der Waals surface area contributed by atoms with Crippen molar-refractivity contribution in [3.8, 4) is 11.5 Å². The summed E-state index contributed by atoms with van der Waals surface area (Å²) in [4.78, 5) is 11.2. The van der Waals surface area contributed by atoms with Crippen molar-refractivity contribution in [1.29, 1.82) is 0 Å². The zero-order valence-electron chi connectivity index (χ0n) is 13.2. The van der Waals surface area contributed by atoms with Gasteiger partial charge < -0.3 is 14.2 Å². The van der Waals surface area contributed by atoms with Crippen LogP contribution in [0.25, 0.3) is 6.08 Å². The highest BCUT2D eigenvalue weighted by atomic mass is 127. The zero-order valence-corrected chi connectivity index (χ0v) is 17.0. The van der Waals surface area contributed by atoms with E-state index in [1.54, 1.807) is 13.2 Å². The van der Waals surface area contributed by atoms with E-state index < -0.39 is 5.97 Å². The Labute approximate surface area is 163 Å². The van der Waals surface area contributed by atoms with Gasteiger partial charge in [0.1, 0.15) is 6.61 Å². The van der Waals surface area contributed by atoms with Crippen LogP contribution in [0.3, 0.4) is 0 Å². The molecule has 24 heavy (non-hydrogen) atoms. The Hall–Kier alpha value is -1.54. The van der Waals surface area contributed by atoms with Gasteiger partial charge in [-0.1, -0.05) is 28.1 Å². The van der Waals surface area contributed by atoms with Gasteiger partial charge in [0, 0.05) is 10.5 Å². The van der Waals surface area contributed by atoms with Crippen molar-refractivity contribution >= 4 is 50.6 Å². The summed E-state index contributed by atoms with van der Waals surface area (Å²) in [5, 5.41) is 0. The Bertz CT molecular complexity index is 759. The molecule has 0 aliphatic heterocycles. The molecule has 126 valence electrons. The number of esters is 1. The van der Waals surface area contributed by atoms with E-state index in [0.717, 1.165) is 19.2 Å². The summed E-state index contributed by atoms with van der Waals surface area (Å²) in [6, 6.07) is 11.7. The lowest BCUT2D eigenvalue weighted by Crippen LogP contribution is -2.00. The Morgan fingerprint density at radius 3 is 2.71 bits per heavy atom. The predicted molar refractivity (Wildman–Crippen MR) is 105 cm³/mol. The zero-order chi connectivity index (χ0) is 17.5. The minimum absolute atomic E-state index is 0.404. The first kappa shape index (κ1) is 18.8. The number of hydrogen-bond donors (Lipinski definition) is 0. The van der Waals surface area contributed by atoms with Crippen LogP contribution in [0.4, 0.5) is 0 Å². The number of methoxy groups -OCH3 is 2. The number of rotatable bonds is 6. The second-order valence-corrected chi connectivity index (χ2v) is 6.89. The lowest BCUT2D eigenvalue weighted by atomic mass is 10.2. The first-order valence-electron chi connectivity index (χ1n) is 7.04. The Morgan fingerprint density at radius 2 is 2.04 bits per heavy atom. The van der Waals surface area contributed by atoms with Gasteiger partial charge in [0.15, 0.2) is 11.5 Å². The smallest absolute Gasteiger partial charge is 0.330 e. The van der Waals surface area contributed by atoms with E-state index in [4.69, 9.17) is 9.47 Å². The van der Waals surface area contributed by atoms with E-state index in [2.05, 4.69) is 43.3 Å². The molecule has 0 amide bonds. The average Bonchev–Trinajstić information content (AvgIpc) is 2.58. The maximum Gasteiger partial charge on any atom is 0.330 e. The van der Waals surface area contributed by atoms with Gasteiger partial charge >= 0.3 is 5.97 Å². The Balaban J connectivity index is 2.20. The molecular weight excluding hydrogens is 487 g/mol. The van der Waals surface area contributed by atoms with Gasteiger partial charge in [0.05, 0.1) is 17.8 Å². The quantitative estimate of drug-likeness (QED) is 0.322. The molecule has 0 aromatic heterocycles. The molecule has 0 atom stereocenters. The molecular formula is C18H16BrIO4. The summed E-state index contributed by atoms with van der Waals surface area (Å²) < 4.78 is 17.9. The second-order valence-electron chi connectivity index (χ2n) is 4.81. The third kappa shape index (κ3) is 5.24. The monoisotopic (exact) mass is 502 g/mol. The first-order chi connectivity index (χ1) is 11.5. The number of hydrogen-bond acceptors (Lipinski definition) is 4. The normalized spacial score (nSPS) is 10.7. The minimum Gasteiger partial charge on any atom is -0.493 e. The molecule has 2 aromatic carbocycles. The minimum atomic E-state index is -0.404. The number of carbonyl (C=O) groups is 1. The van der Waals surface area contributed by atoms with Crippen molar-refractivity contribution in [2.24, 2.45) is 0 Å². The summed E-state index contributed by atoms with van der Waals surface area (Å²) in [7, 11) is 2.93. The second kappa shape index (κ2) is 9.08. The molecule has 0 saturated heterocycles. The predicted octanol–water partition coefficient (Wildman–Crippen LogP) is 4.83. The third-order valence-corrected chi connectivity index (χ3v) is 4.43. The van der Waals surface area contributed by atoms with Gasteiger partial charge in [-0.3, -0.25) is 0 Å². The molecule has 2 aromatic rings. The van der Waals surface area contributed by atoms with E-state index in [-0.39, 0.29) is 0 Å². The number of halogens is 2. The summed E-state index contributed by atoms with van der Waals surface area (Å²) in [6.07, 6.45) is 3.04. The van der Waals surface area contributed by atoms with Crippen molar-refractivity contribution in [1.82, 2.24) is 0 Å². The van der Waals surface area contributed by atoms with Crippen molar-refractivity contribution in [3.05, 3.63) is 61.6 Å². The summed E-state index contributed by atoms with van der Waals surface area (Å²) in [5.41, 5.74) is 1.88. The van der Waals surface area contributed by atoms with E-state index in [9.17, 15) is 4.79 Å². The highest BCUT2D eigenvalue weighted by Gasteiger charge is 2.11. The molecule has 0 fully saturated rings. The van der Waals surface area contributed by atoms with Crippen molar-refractivity contribution in [2.75, 3.05) is 14.2 Å². The van der Waals surface area contributed by atoms with Gasteiger partial charge in [0.2, 0.25) is 0 Å². The molecule has 0 saturated carbocycles. The van der Waals surface area contributed by atoms with Crippen LogP contribution < -0.4 is 9.47 Å². The fourth-order valence-electron chi connectivity index (χ4n) is 1.99. The SMILES string of the molecule is COC(=O)/C=C/c1cc(I)c(OCc2cccc(Br)c2)c(OC)c1. The molecule has 4 nitrogen and oxygen atoms in total. The van der Waals surface area contributed by atoms with Crippen LogP contribution in [-0.2, 0) is 16.1 Å². The van der Waals surface area contributed by atoms with Crippen LogP contribution in [0, 0.1) is 3.57 Å². The molecule has 0 unspecified atom stereocenters. The molecule has 0 aliphatic carbocycles. The molecule has 0 aliphatic rings. The van der Waals surface area contributed by atoms with Crippen molar-refractivity contribution < 1.29 is 19.0 Å². The molecule has 0 radical (unpaired) electrons. The molecule has 0 N–H and O–H groups in total. The fourth-order valence-corrected chi connectivity index (χ4v) is 3.22. The molecule has 6 heteroatoms. The summed E-state index contributed by atoms with van der Waals surface area (Å²) >= 11 is 5.63. The number of ether oxygens (including phenoxy) is 3. The third-order valence-electron chi connectivity index (χ3n) is 3.14. The highest BCUT2D eigenvalue weighted by molar-refractivity contribution is 14.1. The van der Waals surface area contributed by atoms with Crippen LogP contribution in [0.1, 0.15) is 11.1 Å². The molecule has 0 heterocycles.